The molecule has 0 aliphatic carbocycles. The van der Waals surface area contributed by atoms with Gasteiger partial charge in [0.25, 0.3) is 0 Å². The Hall–Kier alpha value is -2.56. The normalized spacial score (nSPS) is 11.6. The van der Waals surface area contributed by atoms with Gasteiger partial charge in [0.05, 0.1) is 14.2 Å². The van der Waals surface area contributed by atoms with Crippen LogP contribution in [0.2, 0.25) is 0 Å². The first-order valence-corrected chi connectivity index (χ1v) is 6.44. The molecular formula is C16H19NO4. The molecule has 0 amide bonds. The van der Waals surface area contributed by atoms with Crippen molar-refractivity contribution in [2.24, 2.45) is 0 Å². The van der Waals surface area contributed by atoms with E-state index in [9.17, 15) is 9.59 Å². The Kier molecular flexibility index (Phi) is 6.74. The third-order valence-corrected chi connectivity index (χ3v) is 2.82. The molecule has 5 nitrogen and oxygen atoms in total. The maximum Gasteiger partial charge on any atom is 0.345 e. The molecule has 0 saturated heterocycles. The zero-order chi connectivity index (χ0) is 15.7. The third kappa shape index (κ3) is 5.14. The summed E-state index contributed by atoms with van der Waals surface area (Å²) in [4.78, 5) is 22.8. The molecule has 0 heterocycles. The maximum absolute atomic E-state index is 11.4. The summed E-state index contributed by atoms with van der Waals surface area (Å²) in [5.41, 5.74) is 0.970. The van der Waals surface area contributed by atoms with Crippen molar-refractivity contribution in [3.8, 4) is 0 Å². The molecule has 112 valence electrons. The number of hydrogen-bond acceptors (Lipinski definition) is 5. The van der Waals surface area contributed by atoms with E-state index in [0.29, 0.717) is 0 Å². The van der Waals surface area contributed by atoms with Gasteiger partial charge in [-0.15, -0.1) is 0 Å². The molecule has 1 aromatic carbocycles. The highest BCUT2D eigenvalue weighted by molar-refractivity contribution is 6.14. The standard InChI is InChI=1S/C16H19NO4/c1-12(13-8-5-4-6-9-13)17-11-7-10-14(15(18)20-2)16(19)21-3/h4-12,17H,1-3H3. The van der Waals surface area contributed by atoms with Crippen LogP contribution in [-0.4, -0.2) is 26.2 Å². The molecule has 5 heteroatoms. The number of carbonyl (C=O) groups excluding carboxylic acids is 2. The highest BCUT2D eigenvalue weighted by Crippen LogP contribution is 2.10. The second kappa shape index (κ2) is 8.58. The number of rotatable bonds is 6. The number of hydrogen-bond donors (Lipinski definition) is 1. The molecule has 21 heavy (non-hydrogen) atoms. The molecule has 0 spiro atoms. The van der Waals surface area contributed by atoms with E-state index >= 15 is 0 Å². The van der Waals surface area contributed by atoms with Crippen molar-refractivity contribution in [2.45, 2.75) is 13.0 Å². The molecule has 1 N–H and O–H groups in total. The molecule has 1 atom stereocenters. The highest BCUT2D eigenvalue weighted by atomic mass is 16.5. The Labute approximate surface area is 124 Å². The van der Waals surface area contributed by atoms with Gasteiger partial charge in [-0.3, -0.25) is 0 Å². The predicted molar refractivity (Wildman–Crippen MR) is 79.2 cm³/mol. The van der Waals surface area contributed by atoms with E-state index in [0.717, 1.165) is 5.56 Å². The Balaban J connectivity index is 2.68. The summed E-state index contributed by atoms with van der Waals surface area (Å²) in [5.74, 6) is -1.47. The second-order valence-electron chi connectivity index (χ2n) is 4.22. The van der Waals surface area contributed by atoms with Crippen LogP contribution in [-0.2, 0) is 19.1 Å². The zero-order valence-corrected chi connectivity index (χ0v) is 12.3. The van der Waals surface area contributed by atoms with Crippen molar-refractivity contribution >= 4 is 11.9 Å². The smallest absolute Gasteiger partial charge is 0.345 e. The molecule has 0 bridgehead atoms. The van der Waals surface area contributed by atoms with E-state index in [-0.39, 0.29) is 11.6 Å². The molecule has 1 unspecified atom stereocenters. The lowest BCUT2D eigenvalue weighted by Crippen LogP contribution is -2.15. The van der Waals surface area contributed by atoms with E-state index in [2.05, 4.69) is 14.8 Å². The van der Waals surface area contributed by atoms with Gasteiger partial charge in [-0.1, -0.05) is 30.3 Å². The van der Waals surface area contributed by atoms with Crippen LogP contribution >= 0.6 is 0 Å². The maximum atomic E-state index is 11.4. The van der Waals surface area contributed by atoms with Crippen molar-refractivity contribution < 1.29 is 19.1 Å². The largest absolute Gasteiger partial charge is 0.465 e. The van der Waals surface area contributed by atoms with Gasteiger partial charge in [-0.2, -0.15) is 0 Å². The Morgan fingerprint density at radius 3 is 2.19 bits per heavy atom. The van der Waals surface area contributed by atoms with Gasteiger partial charge in [0, 0.05) is 6.04 Å². The third-order valence-electron chi connectivity index (χ3n) is 2.82. The predicted octanol–water partition coefficient (Wildman–Crippen LogP) is 2.12. The fourth-order valence-corrected chi connectivity index (χ4v) is 1.62. The van der Waals surface area contributed by atoms with E-state index in [1.54, 1.807) is 12.3 Å². The topological polar surface area (TPSA) is 64.6 Å². The number of allylic oxidation sites excluding steroid dienone is 2. The lowest BCUT2D eigenvalue weighted by molar-refractivity contribution is -0.144. The molecule has 1 rings (SSSR count). The number of esters is 2. The van der Waals surface area contributed by atoms with Crippen molar-refractivity contribution in [1.82, 2.24) is 5.32 Å². The number of carbonyl (C=O) groups is 2. The van der Waals surface area contributed by atoms with E-state index < -0.39 is 11.9 Å². The Morgan fingerprint density at radius 1 is 1.10 bits per heavy atom. The Morgan fingerprint density at radius 2 is 1.67 bits per heavy atom. The van der Waals surface area contributed by atoms with Gasteiger partial charge in [0.2, 0.25) is 0 Å². The molecule has 1 aromatic rings. The average Bonchev–Trinajstić information content (AvgIpc) is 2.54. The van der Waals surface area contributed by atoms with Crippen LogP contribution in [0.1, 0.15) is 18.5 Å². The van der Waals surface area contributed by atoms with E-state index in [1.165, 1.54) is 20.3 Å². The number of methoxy groups -OCH3 is 2. The number of ether oxygens (including phenoxy) is 2. The van der Waals surface area contributed by atoms with Crippen LogP contribution in [0.15, 0.2) is 54.3 Å². The monoisotopic (exact) mass is 289 g/mol. The van der Waals surface area contributed by atoms with Crippen molar-refractivity contribution in [2.75, 3.05) is 14.2 Å². The van der Waals surface area contributed by atoms with Crippen LogP contribution < -0.4 is 5.32 Å². The lowest BCUT2D eigenvalue weighted by atomic mass is 10.1. The minimum atomic E-state index is -0.734. The van der Waals surface area contributed by atoms with Crippen LogP contribution in [0.3, 0.4) is 0 Å². The van der Waals surface area contributed by atoms with E-state index in [4.69, 9.17) is 0 Å². The molecule has 0 saturated carbocycles. The van der Waals surface area contributed by atoms with Gasteiger partial charge in [0.1, 0.15) is 5.57 Å². The van der Waals surface area contributed by atoms with Crippen LogP contribution in [0.5, 0.6) is 0 Å². The minimum Gasteiger partial charge on any atom is -0.465 e. The molecule has 0 aromatic heterocycles. The van der Waals surface area contributed by atoms with Gasteiger partial charge in [-0.05, 0) is 30.8 Å². The van der Waals surface area contributed by atoms with Crippen molar-refractivity contribution in [3.63, 3.8) is 0 Å². The lowest BCUT2D eigenvalue weighted by Gasteiger charge is -2.11. The highest BCUT2D eigenvalue weighted by Gasteiger charge is 2.18. The summed E-state index contributed by atoms with van der Waals surface area (Å²) in [6.45, 7) is 2.00. The summed E-state index contributed by atoms with van der Waals surface area (Å²) < 4.78 is 9.04. The zero-order valence-electron chi connectivity index (χ0n) is 12.3. The van der Waals surface area contributed by atoms with Crippen molar-refractivity contribution in [1.29, 1.82) is 0 Å². The van der Waals surface area contributed by atoms with Gasteiger partial charge < -0.3 is 14.8 Å². The first-order chi connectivity index (χ1) is 10.1. The summed E-state index contributed by atoms with van der Waals surface area (Å²) in [7, 11) is 2.41. The fraction of sp³-hybridized carbons (Fsp3) is 0.250. The first kappa shape index (κ1) is 16.5. The minimum absolute atomic E-state index is 0.107. The van der Waals surface area contributed by atoms with Gasteiger partial charge >= 0.3 is 11.9 Å². The SMILES string of the molecule is COC(=O)C(=CC=CNC(C)c1ccccc1)C(=O)OC. The Bertz CT molecular complexity index is 516. The van der Waals surface area contributed by atoms with Gasteiger partial charge in [-0.25, -0.2) is 9.59 Å². The van der Waals surface area contributed by atoms with Crippen LogP contribution in [0.25, 0.3) is 0 Å². The molecule has 0 aliphatic heterocycles. The quantitative estimate of drug-likeness (QED) is 0.286. The molecule has 0 aliphatic rings. The summed E-state index contributed by atoms with van der Waals surface area (Å²) in [6, 6.07) is 10.0. The van der Waals surface area contributed by atoms with E-state index in [1.807, 2.05) is 37.3 Å². The summed E-state index contributed by atoms with van der Waals surface area (Å²) >= 11 is 0. The average molecular weight is 289 g/mol. The number of benzene rings is 1. The van der Waals surface area contributed by atoms with Crippen molar-refractivity contribution in [3.05, 3.63) is 59.8 Å². The fourth-order valence-electron chi connectivity index (χ4n) is 1.62. The molecule has 0 radical (unpaired) electrons. The van der Waals surface area contributed by atoms with Crippen LogP contribution in [0, 0.1) is 0 Å². The second-order valence-corrected chi connectivity index (χ2v) is 4.22. The summed E-state index contributed by atoms with van der Waals surface area (Å²) in [6.07, 6.45) is 4.56. The number of nitrogens with one attached hydrogen (secondary N) is 1. The first-order valence-electron chi connectivity index (χ1n) is 6.44. The van der Waals surface area contributed by atoms with Gasteiger partial charge in [0.15, 0.2) is 0 Å². The van der Waals surface area contributed by atoms with Crippen LogP contribution in [0.4, 0.5) is 0 Å². The molecular weight excluding hydrogens is 270 g/mol. The summed E-state index contributed by atoms with van der Waals surface area (Å²) in [5, 5.41) is 3.14. The molecule has 0 fully saturated rings.